The van der Waals surface area contributed by atoms with Crippen molar-refractivity contribution < 1.29 is 5.11 Å². The van der Waals surface area contributed by atoms with E-state index >= 15 is 0 Å². The predicted octanol–water partition coefficient (Wildman–Crippen LogP) is 2.54. The fourth-order valence-electron chi connectivity index (χ4n) is 2.37. The summed E-state index contributed by atoms with van der Waals surface area (Å²) >= 11 is 0. The highest BCUT2D eigenvalue weighted by molar-refractivity contribution is 5.27. The van der Waals surface area contributed by atoms with Crippen molar-refractivity contribution in [2.45, 2.75) is 53.4 Å². The second-order valence-electron chi connectivity index (χ2n) is 5.82. The van der Waals surface area contributed by atoms with Crippen molar-refractivity contribution in [1.29, 1.82) is 0 Å². The first-order chi connectivity index (χ1) is 10.0. The van der Waals surface area contributed by atoms with Crippen LogP contribution in [0.3, 0.4) is 0 Å². The summed E-state index contributed by atoms with van der Waals surface area (Å²) in [6, 6.07) is 8.49. The summed E-state index contributed by atoms with van der Waals surface area (Å²) in [6.45, 7) is 10.2. The number of nitrogens with one attached hydrogen (secondary N) is 1. The van der Waals surface area contributed by atoms with Gasteiger partial charge in [0.05, 0.1) is 18.8 Å². The minimum absolute atomic E-state index is 0.0885. The van der Waals surface area contributed by atoms with Gasteiger partial charge in [-0.05, 0) is 25.0 Å². The molecular formula is C17H25N3O. The van der Waals surface area contributed by atoms with Gasteiger partial charge in [0.25, 0.3) is 0 Å². The van der Waals surface area contributed by atoms with Crippen molar-refractivity contribution in [3.8, 4) is 0 Å². The maximum Gasteiger partial charge on any atom is 0.0681 e. The zero-order valence-electron chi connectivity index (χ0n) is 13.3. The maximum atomic E-state index is 9.08. The Kier molecular flexibility index (Phi) is 5.15. The van der Waals surface area contributed by atoms with Gasteiger partial charge in [-0.25, -0.2) is 0 Å². The molecule has 114 valence electrons. The van der Waals surface area contributed by atoms with E-state index in [1.807, 2.05) is 24.3 Å². The molecule has 0 saturated carbocycles. The first-order valence-electron chi connectivity index (χ1n) is 7.46. The molecule has 0 spiro atoms. The van der Waals surface area contributed by atoms with Crippen molar-refractivity contribution in [3.63, 3.8) is 0 Å². The third-order valence-electron chi connectivity index (χ3n) is 3.76. The van der Waals surface area contributed by atoms with Crippen molar-refractivity contribution in [1.82, 2.24) is 15.1 Å². The molecule has 4 heteroatoms. The Bertz CT molecular complexity index is 585. The lowest BCUT2D eigenvalue weighted by molar-refractivity contribution is 0.282. The average molecular weight is 287 g/mol. The van der Waals surface area contributed by atoms with Crippen LogP contribution in [0.1, 0.15) is 41.9 Å². The Labute approximate surface area is 126 Å². The third-order valence-corrected chi connectivity index (χ3v) is 3.76. The third kappa shape index (κ3) is 3.93. The lowest BCUT2D eigenvalue weighted by Crippen LogP contribution is -2.22. The standard InChI is InChI=1S/C17H25N3O/c1-12(2)18-9-17-13(3)19-20(14(17)4)10-15-5-7-16(11-21)8-6-15/h5-8,12,18,21H,9-11H2,1-4H3. The zero-order valence-corrected chi connectivity index (χ0v) is 13.3. The molecule has 0 amide bonds. The normalized spacial score (nSPS) is 11.3. The number of aromatic nitrogens is 2. The molecule has 2 N–H and O–H groups in total. The van der Waals surface area contributed by atoms with Gasteiger partial charge >= 0.3 is 0 Å². The molecule has 0 saturated heterocycles. The molecule has 21 heavy (non-hydrogen) atoms. The number of nitrogens with zero attached hydrogens (tertiary/aromatic N) is 2. The number of aliphatic hydroxyl groups excluding tert-OH is 1. The molecule has 1 heterocycles. The van der Waals surface area contributed by atoms with Crippen LogP contribution in [-0.4, -0.2) is 20.9 Å². The van der Waals surface area contributed by atoms with E-state index < -0.39 is 0 Å². The lowest BCUT2D eigenvalue weighted by Gasteiger charge is -2.09. The van der Waals surface area contributed by atoms with Crippen molar-refractivity contribution in [2.24, 2.45) is 0 Å². The van der Waals surface area contributed by atoms with Gasteiger partial charge in [-0.1, -0.05) is 38.1 Å². The van der Waals surface area contributed by atoms with Gasteiger partial charge in [0.1, 0.15) is 0 Å². The Morgan fingerprint density at radius 2 is 1.76 bits per heavy atom. The Balaban J connectivity index is 2.14. The van der Waals surface area contributed by atoms with E-state index in [4.69, 9.17) is 5.11 Å². The Morgan fingerprint density at radius 1 is 1.14 bits per heavy atom. The number of hydrogen-bond acceptors (Lipinski definition) is 3. The van der Waals surface area contributed by atoms with Gasteiger partial charge in [-0.2, -0.15) is 5.10 Å². The van der Waals surface area contributed by atoms with Crippen LogP contribution >= 0.6 is 0 Å². The Morgan fingerprint density at radius 3 is 2.33 bits per heavy atom. The topological polar surface area (TPSA) is 50.1 Å². The van der Waals surface area contributed by atoms with Gasteiger partial charge in [0.2, 0.25) is 0 Å². The molecule has 2 rings (SSSR count). The minimum Gasteiger partial charge on any atom is -0.392 e. The molecule has 1 aromatic carbocycles. The SMILES string of the molecule is Cc1nn(Cc2ccc(CO)cc2)c(C)c1CNC(C)C. The highest BCUT2D eigenvalue weighted by atomic mass is 16.3. The molecule has 1 aromatic heterocycles. The molecule has 4 nitrogen and oxygen atoms in total. The Hall–Kier alpha value is -1.65. The van der Waals surface area contributed by atoms with Crippen LogP contribution in [0.5, 0.6) is 0 Å². The van der Waals surface area contributed by atoms with Crippen LogP contribution < -0.4 is 5.32 Å². The first kappa shape index (κ1) is 15.7. The second kappa shape index (κ2) is 6.87. The molecule has 0 unspecified atom stereocenters. The van der Waals surface area contributed by atoms with Gasteiger partial charge in [-0.3, -0.25) is 4.68 Å². The highest BCUT2D eigenvalue weighted by Gasteiger charge is 2.11. The largest absolute Gasteiger partial charge is 0.392 e. The summed E-state index contributed by atoms with van der Waals surface area (Å²) < 4.78 is 2.06. The predicted molar refractivity (Wildman–Crippen MR) is 85.1 cm³/mol. The van der Waals surface area contributed by atoms with Gasteiger partial charge in [-0.15, -0.1) is 0 Å². The van der Waals surface area contributed by atoms with E-state index in [1.165, 1.54) is 16.8 Å². The maximum absolute atomic E-state index is 9.08. The van der Waals surface area contributed by atoms with Crippen LogP contribution in [0.4, 0.5) is 0 Å². The van der Waals surface area contributed by atoms with E-state index in [-0.39, 0.29) is 6.61 Å². The van der Waals surface area contributed by atoms with E-state index in [9.17, 15) is 0 Å². The molecule has 0 fully saturated rings. The number of aryl methyl sites for hydroxylation is 1. The van der Waals surface area contributed by atoms with Crippen molar-refractivity contribution in [2.75, 3.05) is 0 Å². The summed E-state index contributed by atoms with van der Waals surface area (Å²) in [4.78, 5) is 0. The average Bonchev–Trinajstić information content (AvgIpc) is 2.72. The summed E-state index contributed by atoms with van der Waals surface area (Å²) in [6.07, 6.45) is 0. The summed E-state index contributed by atoms with van der Waals surface area (Å²) in [5, 5.41) is 17.2. The van der Waals surface area contributed by atoms with Gasteiger partial charge in [0, 0.05) is 23.8 Å². The van der Waals surface area contributed by atoms with Crippen LogP contribution in [-0.2, 0) is 19.7 Å². The van der Waals surface area contributed by atoms with Crippen LogP contribution in [0.15, 0.2) is 24.3 Å². The first-order valence-corrected chi connectivity index (χ1v) is 7.46. The summed E-state index contributed by atoms with van der Waals surface area (Å²) in [5.41, 5.74) is 5.73. The molecule has 2 aromatic rings. The number of aliphatic hydroxyl groups is 1. The van der Waals surface area contributed by atoms with Crippen molar-refractivity contribution >= 4 is 0 Å². The number of hydrogen-bond donors (Lipinski definition) is 2. The molecule has 0 bridgehead atoms. The highest BCUT2D eigenvalue weighted by Crippen LogP contribution is 2.15. The molecular weight excluding hydrogens is 262 g/mol. The molecule has 0 atom stereocenters. The fraction of sp³-hybridized carbons (Fsp3) is 0.471. The molecule has 0 aliphatic rings. The van der Waals surface area contributed by atoms with Gasteiger partial charge < -0.3 is 10.4 Å². The molecule has 0 radical (unpaired) electrons. The number of rotatable bonds is 6. The van der Waals surface area contributed by atoms with E-state index in [0.29, 0.717) is 6.04 Å². The van der Waals surface area contributed by atoms with E-state index in [2.05, 4.69) is 42.8 Å². The monoisotopic (exact) mass is 287 g/mol. The lowest BCUT2D eigenvalue weighted by atomic mass is 10.1. The second-order valence-corrected chi connectivity index (χ2v) is 5.82. The van der Waals surface area contributed by atoms with Gasteiger partial charge in [0.15, 0.2) is 0 Å². The molecule has 0 aliphatic heterocycles. The number of benzene rings is 1. The van der Waals surface area contributed by atoms with E-state index in [0.717, 1.165) is 24.3 Å². The van der Waals surface area contributed by atoms with Crippen LogP contribution in [0.25, 0.3) is 0 Å². The van der Waals surface area contributed by atoms with Crippen molar-refractivity contribution in [3.05, 3.63) is 52.3 Å². The zero-order chi connectivity index (χ0) is 15.4. The van der Waals surface area contributed by atoms with Crippen LogP contribution in [0.2, 0.25) is 0 Å². The smallest absolute Gasteiger partial charge is 0.0681 e. The minimum atomic E-state index is 0.0885. The molecule has 0 aliphatic carbocycles. The fourth-order valence-corrected chi connectivity index (χ4v) is 2.37. The summed E-state index contributed by atoms with van der Waals surface area (Å²) in [7, 11) is 0. The van der Waals surface area contributed by atoms with Crippen LogP contribution in [0, 0.1) is 13.8 Å². The quantitative estimate of drug-likeness (QED) is 0.858. The van der Waals surface area contributed by atoms with E-state index in [1.54, 1.807) is 0 Å². The summed E-state index contributed by atoms with van der Waals surface area (Å²) in [5.74, 6) is 0.